The lowest BCUT2D eigenvalue weighted by atomic mass is 10.1. The van der Waals surface area contributed by atoms with Crippen molar-refractivity contribution in [3.8, 4) is 0 Å². The number of hydrogen-bond acceptors (Lipinski definition) is 5. The van der Waals surface area contributed by atoms with Crippen LogP contribution < -0.4 is 5.32 Å². The molecule has 100 valence electrons. The van der Waals surface area contributed by atoms with Crippen LogP contribution in [0.5, 0.6) is 0 Å². The molecule has 0 amide bonds. The maximum Gasteiger partial charge on any atom is 0.360 e. The molecule has 18 heavy (non-hydrogen) atoms. The van der Waals surface area contributed by atoms with Gasteiger partial charge in [0, 0.05) is 0 Å². The molecule has 1 N–H and O–H groups in total. The van der Waals surface area contributed by atoms with E-state index in [1.54, 1.807) is 0 Å². The molecule has 0 aliphatic carbocycles. The van der Waals surface area contributed by atoms with Crippen LogP contribution in [-0.2, 0) is 4.74 Å². The van der Waals surface area contributed by atoms with Crippen LogP contribution >= 0.6 is 0 Å². The number of esters is 1. The van der Waals surface area contributed by atoms with Crippen molar-refractivity contribution < 1.29 is 9.53 Å². The lowest BCUT2D eigenvalue weighted by Gasteiger charge is -2.17. The second-order valence-electron chi connectivity index (χ2n) is 4.67. The molecule has 6 heteroatoms. The molecule has 2 rings (SSSR count). The van der Waals surface area contributed by atoms with E-state index in [1.165, 1.54) is 7.11 Å². The van der Waals surface area contributed by atoms with Crippen LogP contribution in [0, 0.1) is 0 Å². The molecule has 0 saturated carbocycles. The molecular formula is C12H20N4O2. The van der Waals surface area contributed by atoms with E-state index in [0.29, 0.717) is 5.69 Å². The average Bonchev–Trinajstić information content (AvgIpc) is 3.04. The van der Waals surface area contributed by atoms with E-state index >= 15 is 0 Å². The van der Waals surface area contributed by atoms with E-state index in [2.05, 4.69) is 29.5 Å². The van der Waals surface area contributed by atoms with E-state index in [9.17, 15) is 4.79 Å². The summed E-state index contributed by atoms with van der Waals surface area (Å²) in [4.78, 5) is 11.7. The molecule has 1 aliphatic heterocycles. The number of ether oxygens (including phenoxy) is 1. The van der Waals surface area contributed by atoms with Crippen molar-refractivity contribution in [1.82, 2.24) is 20.3 Å². The van der Waals surface area contributed by atoms with Crippen molar-refractivity contribution in [2.45, 2.75) is 45.2 Å². The number of carbonyl (C=O) groups excluding carboxylic acids is 1. The lowest BCUT2D eigenvalue weighted by Crippen LogP contribution is -2.22. The van der Waals surface area contributed by atoms with Gasteiger partial charge in [0.25, 0.3) is 0 Å². The van der Waals surface area contributed by atoms with E-state index in [-0.39, 0.29) is 12.1 Å². The van der Waals surface area contributed by atoms with Gasteiger partial charge in [-0.3, -0.25) is 0 Å². The van der Waals surface area contributed by atoms with Gasteiger partial charge in [-0.25, -0.2) is 9.48 Å². The number of hydrogen-bond donors (Lipinski definition) is 1. The normalized spacial score (nSPS) is 20.9. The van der Waals surface area contributed by atoms with E-state index in [0.717, 1.165) is 31.5 Å². The third-order valence-electron chi connectivity index (χ3n) is 3.51. The molecule has 1 aliphatic rings. The summed E-state index contributed by atoms with van der Waals surface area (Å²) in [6.07, 6.45) is 3.06. The summed E-state index contributed by atoms with van der Waals surface area (Å²) < 4.78 is 6.64. The van der Waals surface area contributed by atoms with Crippen LogP contribution in [0.15, 0.2) is 0 Å². The fourth-order valence-corrected chi connectivity index (χ4v) is 2.28. The van der Waals surface area contributed by atoms with Crippen LogP contribution in [0.2, 0.25) is 0 Å². The molecule has 0 spiro atoms. The van der Waals surface area contributed by atoms with Crippen LogP contribution in [0.3, 0.4) is 0 Å². The first-order chi connectivity index (χ1) is 8.69. The van der Waals surface area contributed by atoms with Gasteiger partial charge >= 0.3 is 5.97 Å². The number of carbonyl (C=O) groups is 1. The summed E-state index contributed by atoms with van der Waals surface area (Å²) >= 11 is 0. The summed E-state index contributed by atoms with van der Waals surface area (Å²) in [6.45, 7) is 5.14. The molecule has 1 aromatic rings. The molecule has 1 saturated heterocycles. The molecule has 1 fully saturated rings. The maximum absolute atomic E-state index is 11.7. The average molecular weight is 252 g/mol. The Balaban J connectivity index is 2.41. The van der Waals surface area contributed by atoms with Crippen molar-refractivity contribution in [1.29, 1.82) is 0 Å². The molecule has 2 heterocycles. The van der Waals surface area contributed by atoms with Gasteiger partial charge in [0.05, 0.1) is 24.9 Å². The maximum atomic E-state index is 11.7. The summed E-state index contributed by atoms with van der Waals surface area (Å²) in [5.74, 6) is -0.409. The molecule has 2 unspecified atom stereocenters. The fraction of sp³-hybridized carbons (Fsp3) is 0.750. The van der Waals surface area contributed by atoms with Crippen molar-refractivity contribution >= 4 is 5.97 Å². The first-order valence-corrected chi connectivity index (χ1v) is 6.45. The first-order valence-electron chi connectivity index (χ1n) is 6.45. The Kier molecular flexibility index (Phi) is 3.96. The quantitative estimate of drug-likeness (QED) is 0.822. The van der Waals surface area contributed by atoms with Gasteiger partial charge in [0.2, 0.25) is 0 Å². The van der Waals surface area contributed by atoms with E-state index in [4.69, 9.17) is 4.74 Å². The monoisotopic (exact) mass is 252 g/mol. The van der Waals surface area contributed by atoms with Gasteiger partial charge in [-0.1, -0.05) is 12.1 Å². The van der Waals surface area contributed by atoms with Crippen molar-refractivity contribution in [3.05, 3.63) is 11.4 Å². The Morgan fingerprint density at radius 3 is 3.00 bits per heavy atom. The van der Waals surface area contributed by atoms with Crippen LogP contribution in [0.4, 0.5) is 0 Å². The SMILES string of the molecule is CCC(C)n1nnc(C(=O)OC)c1C1CCCN1. The van der Waals surface area contributed by atoms with Gasteiger partial charge in [-0.05, 0) is 32.7 Å². The van der Waals surface area contributed by atoms with Crippen LogP contribution in [0.25, 0.3) is 0 Å². The molecule has 0 radical (unpaired) electrons. The van der Waals surface area contributed by atoms with Gasteiger partial charge in [0.1, 0.15) is 0 Å². The highest BCUT2D eigenvalue weighted by Gasteiger charge is 2.30. The largest absolute Gasteiger partial charge is 0.464 e. The number of nitrogens with zero attached hydrogens (tertiary/aromatic N) is 3. The topological polar surface area (TPSA) is 69.0 Å². The second-order valence-corrected chi connectivity index (χ2v) is 4.67. The zero-order chi connectivity index (χ0) is 13.1. The minimum Gasteiger partial charge on any atom is -0.464 e. The summed E-state index contributed by atoms with van der Waals surface area (Å²) in [5, 5.41) is 11.5. The predicted octanol–water partition coefficient (Wildman–Crippen LogP) is 1.46. The zero-order valence-electron chi connectivity index (χ0n) is 11.1. The minimum absolute atomic E-state index is 0.156. The van der Waals surface area contributed by atoms with Crippen LogP contribution in [-0.4, -0.2) is 34.6 Å². The zero-order valence-corrected chi connectivity index (χ0v) is 11.1. The van der Waals surface area contributed by atoms with Gasteiger partial charge in [-0.2, -0.15) is 0 Å². The lowest BCUT2D eigenvalue weighted by molar-refractivity contribution is 0.0591. The van der Waals surface area contributed by atoms with Crippen molar-refractivity contribution in [3.63, 3.8) is 0 Å². The number of nitrogens with one attached hydrogen (secondary N) is 1. The molecule has 6 nitrogen and oxygen atoms in total. The second kappa shape index (κ2) is 5.48. The third kappa shape index (κ3) is 2.25. The molecule has 0 aromatic carbocycles. The van der Waals surface area contributed by atoms with E-state index in [1.807, 2.05) is 4.68 Å². The highest BCUT2D eigenvalue weighted by molar-refractivity contribution is 5.88. The van der Waals surface area contributed by atoms with Crippen molar-refractivity contribution in [2.75, 3.05) is 13.7 Å². The fourth-order valence-electron chi connectivity index (χ4n) is 2.28. The molecular weight excluding hydrogens is 232 g/mol. The van der Waals surface area contributed by atoms with E-state index < -0.39 is 5.97 Å². The number of methoxy groups -OCH3 is 1. The van der Waals surface area contributed by atoms with Crippen molar-refractivity contribution in [2.24, 2.45) is 0 Å². The standard InChI is InChI=1S/C12H20N4O2/c1-4-8(2)16-11(9-6-5-7-13-9)10(14-15-16)12(17)18-3/h8-9,13H,4-7H2,1-3H3. The smallest absolute Gasteiger partial charge is 0.360 e. The molecule has 1 aromatic heterocycles. The Labute approximate surface area is 107 Å². The molecule has 0 bridgehead atoms. The van der Waals surface area contributed by atoms with Gasteiger partial charge in [-0.15, -0.1) is 5.10 Å². The third-order valence-corrected chi connectivity index (χ3v) is 3.51. The Morgan fingerprint density at radius 1 is 1.67 bits per heavy atom. The Bertz CT molecular complexity index is 424. The highest BCUT2D eigenvalue weighted by Crippen LogP contribution is 2.28. The summed E-state index contributed by atoms with van der Waals surface area (Å²) in [7, 11) is 1.37. The summed E-state index contributed by atoms with van der Waals surface area (Å²) in [6, 6.07) is 0.386. The number of rotatable bonds is 4. The Morgan fingerprint density at radius 2 is 2.44 bits per heavy atom. The predicted molar refractivity (Wildman–Crippen MR) is 66.3 cm³/mol. The van der Waals surface area contributed by atoms with Gasteiger partial charge in [0.15, 0.2) is 5.69 Å². The number of aromatic nitrogens is 3. The first kappa shape index (κ1) is 13.0. The van der Waals surface area contributed by atoms with Gasteiger partial charge < -0.3 is 10.1 Å². The molecule has 2 atom stereocenters. The summed E-state index contributed by atoms with van der Waals surface area (Å²) in [5.41, 5.74) is 1.21. The minimum atomic E-state index is -0.409. The highest BCUT2D eigenvalue weighted by atomic mass is 16.5. The van der Waals surface area contributed by atoms with Crippen LogP contribution in [0.1, 0.15) is 61.4 Å². The Hall–Kier alpha value is -1.43.